The first kappa shape index (κ1) is 10.1. The van der Waals surface area contributed by atoms with E-state index >= 15 is 0 Å². The van der Waals surface area contributed by atoms with Gasteiger partial charge in [-0.3, -0.25) is 0 Å². The fraction of sp³-hybridized carbons (Fsp3) is 0.133. The highest BCUT2D eigenvalue weighted by molar-refractivity contribution is 5.87. The van der Waals surface area contributed by atoms with Crippen LogP contribution in [-0.2, 0) is 0 Å². The van der Waals surface area contributed by atoms with Gasteiger partial charge in [-0.05, 0) is 30.7 Å². The molecule has 3 aromatic rings. The molecule has 2 nitrogen and oxygen atoms in total. The Bertz CT molecular complexity index is 682. The van der Waals surface area contributed by atoms with Crippen LogP contribution >= 0.6 is 0 Å². The van der Waals surface area contributed by atoms with Crippen LogP contribution in [0, 0.1) is 13.8 Å². The van der Waals surface area contributed by atoms with E-state index < -0.39 is 0 Å². The lowest BCUT2D eigenvalue weighted by atomic mass is 10.0. The molecule has 1 heterocycles. The number of benzene rings is 2. The third kappa shape index (κ3) is 1.82. The fourth-order valence-corrected chi connectivity index (χ4v) is 2.02. The van der Waals surface area contributed by atoms with Crippen LogP contribution < -0.4 is 0 Å². The summed E-state index contributed by atoms with van der Waals surface area (Å²) in [7, 11) is 0. The first-order valence-electron chi connectivity index (χ1n) is 5.66. The van der Waals surface area contributed by atoms with Crippen molar-refractivity contribution in [2.75, 3.05) is 0 Å². The third-order valence-corrected chi connectivity index (χ3v) is 2.91. The quantitative estimate of drug-likeness (QED) is 0.620. The van der Waals surface area contributed by atoms with Crippen LogP contribution in [0.1, 0.15) is 11.3 Å². The highest BCUT2D eigenvalue weighted by Gasteiger charge is 2.04. The van der Waals surface area contributed by atoms with E-state index in [0.717, 1.165) is 17.0 Å². The first-order chi connectivity index (χ1) is 8.22. The van der Waals surface area contributed by atoms with Crippen molar-refractivity contribution in [1.82, 2.24) is 5.16 Å². The number of rotatable bonds is 1. The standard InChI is InChI=1S/C15H13NO/c1-10-3-4-13-9-14(6-5-12(13)7-10)15-8-11(2)16-17-15/h3-9H,1-2H3. The van der Waals surface area contributed by atoms with Crippen molar-refractivity contribution in [3.8, 4) is 11.3 Å². The summed E-state index contributed by atoms with van der Waals surface area (Å²) in [6.45, 7) is 4.03. The summed E-state index contributed by atoms with van der Waals surface area (Å²) < 4.78 is 5.27. The average Bonchev–Trinajstić information content (AvgIpc) is 2.75. The molecule has 0 saturated heterocycles. The first-order valence-corrected chi connectivity index (χ1v) is 5.66. The van der Waals surface area contributed by atoms with Gasteiger partial charge in [0.2, 0.25) is 0 Å². The van der Waals surface area contributed by atoms with Gasteiger partial charge < -0.3 is 4.52 Å². The van der Waals surface area contributed by atoms with Crippen molar-refractivity contribution in [3.63, 3.8) is 0 Å². The summed E-state index contributed by atoms with van der Waals surface area (Å²) in [5, 5.41) is 6.39. The summed E-state index contributed by atoms with van der Waals surface area (Å²) in [4.78, 5) is 0. The second-order valence-corrected chi connectivity index (χ2v) is 4.40. The Morgan fingerprint density at radius 2 is 1.65 bits per heavy atom. The molecule has 84 valence electrons. The second-order valence-electron chi connectivity index (χ2n) is 4.40. The van der Waals surface area contributed by atoms with Crippen LogP contribution in [0.15, 0.2) is 47.0 Å². The Balaban J connectivity index is 2.16. The van der Waals surface area contributed by atoms with E-state index in [-0.39, 0.29) is 0 Å². The number of hydrogen-bond acceptors (Lipinski definition) is 2. The lowest BCUT2D eigenvalue weighted by molar-refractivity contribution is 0.427. The lowest BCUT2D eigenvalue weighted by Crippen LogP contribution is -1.78. The third-order valence-electron chi connectivity index (χ3n) is 2.91. The number of aryl methyl sites for hydroxylation is 2. The minimum absolute atomic E-state index is 0.824. The van der Waals surface area contributed by atoms with Gasteiger partial charge in [0.05, 0.1) is 5.69 Å². The van der Waals surface area contributed by atoms with Gasteiger partial charge in [-0.15, -0.1) is 0 Å². The molecule has 0 N–H and O–H groups in total. The van der Waals surface area contributed by atoms with Crippen molar-refractivity contribution >= 4 is 10.8 Å². The van der Waals surface area contributed by atoms with E-state index in [1.807, 2.05) is 13.0 Å². The summed E-state index contributed by atoms with van der Waals surface area (Å²) in [6, 6.07) is 14.7. The van der Waals surface area contributed by atoms with E-state index in [1.165, 1.54) is 16.3 Å². The van der Waals surface area contributed by atoms with Crippen LogP contribution in [0.4, 0.5) is 0 Å². The zero-order valence-corrected chi connectivity index (χ0v) is 9.90. The van der Waals surface area contributed by atoms with Crippen molar-refractivity contribution in [1.29, 1.82) is 0 Å². The number of fused-ring (bicyclic) bond motifs is 1. The van der Waals surface area contributed by atoms with Gasteiger partial charge in [-0.1, -0.05) is 41.1 Å². The summed E-state index contributed by atoms with van der Waals surface area (Å²) >= 11 is 0. The molecule has 0 fully saturated rings. The van der Waals surface area contributed by atoms with Crippen LogP contribution in [0.5, 0.6) is 0 Å². The molecular weight excluding hydrogens is 210 g/mol. The molecule has 0 spiro atoms. The van der Waals surface area contributed by atoms with Gasteiger partial charge >= 0.3 is 0 Å². The highest BCUT2D eigenvalue weighted by atomic mass is 16.5. The summed E-state index contributed by atoms with van der Waals surface area (Å²) in [5.74, 6) is 0.824. The lowest BCUT2D eigenvalue weighted by Gasteiger charge is -2.01. The smallest absolute Gasteiger partial charge is 0.167 e. The zero-order valence-electron chi connectivity index (χ0n) is 9.90. The Morgan fingerprint density at radius 3 is 2.41 bits per heavy atom. The van der Waals surface area contributed by atoms with Crippen molar-refractivity contribution < 1.29 is 4.52 Å². The Kier molecular flexibility index (Phi) is 2.22. The van der Waals surface area contributed by atoms with Crippen molar-refractivity contribution in [3.05, 3.63) is 53.7 Å². The van der Waals surface area contributed by atoms with E-state index in [2.05, 4.69) is 48.5 Å². The second kappa shape index (κ2) is 3.74. The summed E-state index contributed by atoms with van der Waals surface area (Å²) in [6.07, 6.45) is 0. The Labute approximate surface area is 99.9 Å². The molecule has 0 aliphatic heterocycles. The average molecular weight is 223 g/mol. The molecule has 17 heavy (non-hydrogen) atoms. The monoisotopic (exact) mass is 223 g/mol. The van der Waals surface area contributed by atoms with Gasteiger partial charge in [0.25, 0.3) is 0 Å². The largest absolute Gasteiger partial charge is 0.356 e. The van der Waals surface area contributed by atoms with E-state index in [9.17, 15) is 0 Å². The highest BCUT2D eigenvalue weighted by Crippen LogP contribution is 2.25. The zero-order chi connectivity index (χ0) is 11.8. The predicted octanol–water partition coefficient (Wildman–Crippen LogP) is 4.11. The molecule has 0 amide bonds. The van der Waals surface area contributed by atoms with Gasteiger partial charge in [0.1, 0.15) is 0 Å². The normalized spacial score (nSPS) is 10.9. The fourth-order valence-electron chi connectivity index (χ4n) is 2.02. The van der Waals surface area contributed by atoms with Crippen LogP contribution in [0.25, 0.3) is 22.1 Å². The maximum Gasteiger partial charge on any atom is 0.167 e. The van der Waals surface area contributed by atoms with E-state index in [4.69, 9.17) is 4.52 Å². The number of nitrogens with zero attached hydrogens (tertiary/aromatic N) is 1. The maximum atomic E-state index is 5.27. The van der Waals surface area contributed by atoms with E-state index in [1.54, 1.807) is 0 Å². The van der Waals surface area contributed by atoms with Crippen LogP contribution in [0.2, 0.25) is 0 Å². The molecule has 0 aliphatic rings. The molecule has 1 aromatic heterocycles. The summed E-state index contributed by atoms with van der Waals surface area (Å²) in [5.41, 5.74) is 3.26. The van der Waals surface area contributed by atoms with Crippen molar-refractivity contribution in [2.24, 2.45) is 0 Å². The SMILES string of the molecule is Cc1ccc2cc(-c3cc(C)no3)ccc2c1. The molecule has 0 radical (unpaired) electrons. The topological polar surface area (TPSA) is 26.0 Å². The molecule has 0 atom stereocenters. The Morgan fingerprint density at radius 1 is 0.882 bits per heavy atom. The van der Waals surface area contributed by atoms with E-state index in [0.29, 0.717) is 0 Å². The molecule has 2 aromatic carbocycles. The molecular formula is C15H13NO. The molecule has 0 saturated carbocycles. The van der Waals surface area contributed by atoms with Gasteiger partial charge in [-0.25, -0.2) is 0 Å². The molecule has 2 heteroatoms. The van der Waals surface area contributed by atoms with Gasteiger partial charge in [0.15, 0.2) is 5.76 Å². The predicted molar refractivity (Wildman–Crippen MR) is 68.9 cm³/mol. The molecule has 0 bridgehead atoms. The van der Waals surface area contributed by atoms with Crippen molar-refractivity contribution in [2.45, 2.75) is 13.8 Å². The Hall–Kier alpha value is -2.09. The maximum absolute atomic E-state index is 5.27. The number of aromatic nitrogens is 1. The van der Waals surface area contributed by atoms with Gasteiger partial charge in [0, 0.05) is 11.6 Å². The molecule has 3 rings (SSSR count). The van der Waals surface area contributed by atoms with Crippen LogP contribution in [-0.4, -0.2) is 5.16 Å². The number of hydrogen-bond donors (Lipinski definition) is 0. The molecule has 0 unspecified atom stereocenters. The minimum Gasteiger partial charge on any atom is -0.356 e. The minimum atomic E-state index is 0.824. The van der Waals surface area contributed by atoms with Crippen LogP contribution in [0.3, 0.4) is 0 Å². The van der Waals surface area contributed by atoms with Gasteiger partial charge in [-0.2, -0.15) is 0 Å². The molecule has 0 aliphatic carbocycles.